The average Bonchev–Trinajstić information content (AvgIpc) is 3.20. The number of rotatable bonds is 5. The van der Waals surface area contributed by atoms with E-state index in [1.165, 1.54) is 16.5 Å². The van der Waals surface area contributed by atoms with Gasteiger partial charge in [-0.2, -0.15) is 5.10 Å². The fraction of sp³-hybridized carbons (Fsp3) is 0.148. The number of hydrogen-bond donors (Lipinski definition) is 0. The molecule has 0 fully saturated rings. The van der Waals surface area contributed by atoms with Crippen LogP contribution in [-0.4, -0.2) is 19.2 Å². The lowest BCUT2D eigenvalue weighted by Crippen LogP contribution is -2.19. The lowest BCUT2D eigenvalue weighted by Gasteiger charge is -2.11. The van der Waals surface area contributed by atoms with Crippen LogP contribution in [-0.2, 0) is 6.61 Å². The van der Waals surface area contributed by atoms with Crippen molar-refractivity contribution in [1.29, 1.82) is 0 Å². The molecule has 170 valence electrons. The predicted molar refractivity (Wildman–Crippen MR) is 129 cm³/mol. The Hall–Kier alpha value is -4.26. The van der Waals surface area contributed by atoms with Crippen molar-refractivity contribution in [3.05, 3.63) is 112 Å². The van der Waals surface area contributed by atoms with Crippen molar-refractivity contribution in [2.24, 2.45) is 0 Å². The second-order valence-corrected chi connectivity index (χ2v) is 8.28. The van der Waals surface area contributed by atoms with Crippen LogP contribution in [0.1, 0.15) is 22.5 Å². The summed E-state index contributed by atoms with van der Waals surface area (Å²) >= 11 is 0. The number of pyridine rings is 1. The van der Waals surface area contributed by atoms with Gasteiger partial charge in [-0.05, 0) is 74.4 Å². The number of hydrogen-bond acceptors (Lipinski definition) is 4. The Morgan fingerprint density at radius 1 is 0.971 bits per heavy atom. The summed E-state index contributed by atoms with van der Waals surface area (Å²) in [5.74, 6) is 0.172. The molecule has 0 saturated heterocycles. The van der Waals surface area contributed by atoms with Crippen LogP contribution < -0.4 is 10.3 Å². The monoisotopic (exact) mass is 454 g/mol. The number of fused-ring (bicyclic) bond motifs is 1. The number of nitrogens with zero attached hydrogens (tertiary/aromatic N) is 4. The minimum absolute atomic E-state index is 0.219. The Balaban J connectivity index is 1.55. The van der Waals surface area contributed by atoms with Crippen LogP contribution in [0.2, 0.25) is 0 Å². The van der Waals surface area contributed by atoms with Crippen LogP contribution in [0.25, 0.3) is 22.6 Å². The van der Waals surface area contributed by atoms with Gasteiger partial charge in [0.25, 0.3) is 5.56 Å². The summed E-state index contributed by atoms with van der Waals surface area (Å²) in [6.45, 7) is 6.02. The number of benzene rings is 2. The molecule has 0 bridgehead atoms. The standard InChI is InChI=1S/C27H23FN4O2/c1-17-6-4-7-22(14-17)32-18(2)15-23(30-32)25-19(3)29-26-24(8-5-13-31(26)27(25)33)34-16-20-9-11-21(28)12-10-20/h4-15H,16H2,1-3H3. The largest absolute Gasteiger partial charge is 0.485 e. The molecule has 0 aliphatic carbocycles. The maximum atomic E-state index is 13.5. The van der Waals surface area contributed by atoms with E-state index in [0.717, 1.165) is 22.5 Å². The first-order valence-corrected chi connectivity index (χ1v) is 10.9. The topological polar surface area (TPSA) is 61.4 Å². The Morgan fingerprint density at radius 3 is 2.53 bits per heavy atom. The highest BCUT2D eigenvalue weighted by molar-refractivity contribution is 5.65. The minimum atomic E-state index is -0.301. The van der Waals surface area contributed by atoms with Gasteiger partial charge in [-0.15, -0.1) is 0 Å². The van der Waals surface area contributed by atoms with E-state index in [9.17, 15) is 9.18 Å². The summed E-state index contributed by atoms with van der Waals surface area (Å²) < 4.78 is 22.4. The van der Waals surface area contributed by atoms with Crippen LogP contribution >= 0.6 is 0 Å². The molecule has 5 rings (SSSR count). The average molecular weight is 455 g/mol. The normalized spacial score (nSPS) is 11.2. The van der Waals surface area contributed by atoms with E-state index in [2.05, 4.69) is 0 Å². The van der Waals surface area contributed by atoms with Crippen molar-refractivity contribution in [2.45, 2.75) is 27.4 Å². The van der Waals surface area contributed by atoms with E-state index >= 15 is 0 Å². The van der Waals surface area contributed by atoms with Crippen molar-refractivity contribution in [2.75, 3.05) is 0 Å². The summed E-state index contributed by atoms with van der Waals surface area (Å²) in [5, 5.41) is 4.73. The highest BCUT2D eigenvalue weighted by atomic mass is 19.1. The Labute approximate surface area is 195 Å². The van der Waals surface area contributed by atoms with Crippen molar-refractivity contribution in [1.82, 2.24) is 19.2 Å². The van der Waals surface area contributed by atoms with Gasteiger partial charge in [-0.1, -0.05) is 24.3 Å². The molecule has 0 aliphatic rings. The molecule has 3 heterocycles. The lowest BCUT2D eigenvalue weighted by atomic mass is 10.1. The van der Waals surface area contributed by atoms with Gasteiger partial charge in [0.1, 0.15) is 18.1 Å². The Morgan fingerprint density at radius 2 is 1.76 bits per heavy atom. The molecule has 0 unspecified atom stereocenters. The van der Waals surface area contributed by atoms with Gasteiger partial charge in [0.15, 0.2) is 11.4 Å². The molecule has 3 aromatic heterocycles. The van der Waals surface area contributed by atoms with Crippen LogP contribution in [0, 0.1) is 26.6 Å². The molecule has 7 heteroatoms. The van der Waals surface area contributed by atoms with Gasteiger partial charge in [0.2, 0.25) is 0 Å². The first-order chi connectivity index (χ1) is 16.4. The molecule has 5 aromatic rings. The first kappa shape index (κ1) is 21.6. The van der Waals surface area contributed by atoms with Gasteiger partial charge in [-0.25, -0.2) is 14.1 Å². The zero-order chi connectivity index (χ0) is 23.8. The number of ether oxygens (including phenoxy) is 1. The van der Waals surface area contributed by atoms with Crippen molar-refractivity contribution in [3.63, 3.8) is 0 Å². The fourth-order valence-corrected chi connectivity index (χ4v) is 4.01. The molecule has 0 saturated carbocycles. The van der Waals surface area contributed by atoms with E-state index < -0.39 is 0 Å². The molecule has 0 spiro atoms. The number of aromatic nitrogens is 4. The summed E-state index contributed by atoms with van der Waals surface area (Å²) in [6, 6.07) is 19.6. The Kier molecular flexibility index (Phi) is 5.45. The summed E-state index contributed by atoms with van der Waals surface area (Å²) in [7, 11) is 0. The minimum Gasteiger partial charge on any atom is -0.485 e. The molecule has 6 nitrogen and oxygen atoms in total. The lowest BCUT2D eigenvalue weighted by molar-refractivity contribution is 0.307. The first-order valence-electron chi connectivity index (χ1n) is 10.9. The molecule has 2 aromatic carbocycles. The van der Waals surface area contributed by atoms with Crippen LogP contribution in [0.15, 0.2) is 77.7 Å². The number of halogens is 1. The molecule has 0 aliphatic heterocycles. The molecule has 34 heavy (non-hydrogen) atoms. The third-order valence-electron chi connectivity index (χ3n) is 5.70. The molecule has 0 amide bonds. The highest BCUT2D eigenvalue weighted by Gasteiger charge is 2.18. The quantitative estimate of drug-likeness (QED) is 0.367. The summed E-state index contributed by atoms with van der Waals surface area (Å²) in [5.41, 5.74) is 5.59. The van der Waals surface area contributed by atoms with E-state index in [0.29, 0.717) is 28.3 Å². The Bertz CT molecular complexity index is 1570. The second kappa shape index (κ2) is 8.59. The molecule has 0 radical (unpaired) electrons. The SMILES string of the molecule is Cc1cccc(-n2nc(-c3c(C)nc4c(OCc5ccc(F)cc5)cccn4c3=O)cc2C)c1. The van der Waals surface area contributed by atoms with Gasteiger partial charge >= 0.3 is 0 Å². The van der Waals surface area contributed by atoms with E-state index in [4.69, 9.17) is 14.8 Å². The summed E-state index contributed by atoms with van der Waals surface area (Å²) in [6.07, 6.45) is 1.67. The van der Waals surface area contributed by atoms with Crippen molar-refractivity contribution in [3.8, 4) is 22.7 Å². The zero-order valence-electron chi connectivity index (χ0n) is 19.1. The van der Waals surface area contributed by atoms with Crippen molar-refractivity contribution >= 4 is 5.65 Å². The summed E-state index contributed by atoms with van der Waals surface area (Å²) in [4.78, 5) is 18.2. The molecule has 0 N–H and O–H groups in total. The van der Waals surface area contributed by atoms with Crippen LogP contribution in [0.3, 0.4) is 0 Å². The molecular weight excluding hydrogens is 431 g/mol. The zero-order valence-corrected chi connectivity index (χ0v) is 19.1. The highest BCUT2D eigenvalue weighted by Crippen LogP contribution is 2.24. The predicted octanol–water partition coefficient (Wildman–Crippen LogP) is 5.19. The van der Waals surface area contributed by atoms with Gasteiger partial charge < -0.3 is 4.74 Å². The fourth-order valence-electron chi connectivity index (χ4n) is 4.01. The van der Waals surface area contributed by atoms with Gasteiger partial charge in [-0.3, -0.25) is 9.20 Å². The van der Waals surface area contributed by atoms with Gasteiger partial charge in [0.05, 0.1) is 16.9 Å². The van der Waals surface area contributed by atoms with E-state index in [1.807, 2.05) is 48.9 Å². The third-order valence-corrected chi connectivity index (χ3v) is 5.70. The van der Waals surface area contributed by atoms with Crippen molar-refractivity contribution < 1.29 is 9.13 Å². The van der Waals surface area contributed by atoms with E-state index in [-0.39, 0.29) is 18.0 Å². The third kappa shape index (κ3) is 3.96. The van der Waals surface area contributed by atoms with Gasteiger partial charge in [0, 0.05) is 11.9 Å². The molecular formula is C27H23FN4O2. The van der Waals surface area contributed by atoms with E-state index in [1.54, 1.807) is 37.4 Å². The maximum absolute atomic E-state index is 13.5. The van der Waals surface area contributed by atoms with Crippen LogP contribution in [0.5, 0.6) is 5.75 Å². The number of aryl methyl sites for hydroxylation is 3. The smallest absolute Gasteiger partial charge is 0.267 e. The molecule has 0 atom stereocenters. The second-order valence-electron chi connectivity index (χ2n) is 8.28. The van der Waals surface area contributed by atoms with Crippen LogP contribution in [0.4, 0.5) is 4.39 Å². The maximum Gasteiger partial charge on any atom is 0.267 e.